The highest BCUT2D eigenvalue weighted by Gasteiger charge is 2.17. The zero-order chi connectivity index (χ0) is 8.04. The number of carbonyl (C=O) groups excluding carboxylic acids is 1. The van der Waals surface area contributed by atoms with E-state index in [2.05, 4.69) is 0 Å². The summed E-state index contributed by atoms with van der Waals surface area (Å²) < 4.78 is 4.75. The van der Waals surface area contributed by atoms with Crippen molar-refractivity contribution in [2.45, 2.75) is 25.4 Å². The Labute approximate surface area is 61.0 Å². The third kappa shape index (κ3) is 4.47. The molecule has 1 unspecified atom stereocenters. The largest absolute Gasteiger partial charge is 0.385 e. The van der Waals surface area contributed by atoms with Crippen LogP contribution >= 0.6 is 0 Å². The second-order valence-electron chi connectivity index (χ2n) is 2.57. The van der Waals surface area contributed by atoms with Gasteiger partial charge in [-0.3, -0.25) is 0 Å². The van der Waals surface area contributed by atoms with Gasteiger partial charge in [0, 0.05) is 13.7 Å². The third-order valence-corrected chi connectivity index (χ3v) is 1.29. The zero-order valence-electron chi connectivity index (χ0n) is 6.46. The van der Waals surface area contributed by atoms with Gasteiger partial charge in [0.05, 0.1) is 0 Å². The maximum atomic E-state index is 10.1. The predicted octanol–water partition coefficient (Wildman–Crippen LogP) is 0.363. The lowest BCUT2D eigenvalue weighted by molar-refractivity contribution is -0.123. The van der Waals surface area contributed by atoms with E-state index in [1.54, 1.807) is 7.11 Å². The van der Waals surface area contributed by atoms with Gasteiger partial charge in [0.2, 0.25) is 0 Å². The molecule has 3 nitrogen and oxygen atoms in total. The first kappa shape index (κ1) is 9.59. The average Bonchev–Trinajstić information content (AvgIpc) is 1.89. The minimum absolute atomic E-state index is 0.463. The zero-order valence-corrected chi connectivity index (χ0v) is 6.46. The third-order valence-electron chi connectivity index (χ3n) is 1.29. The molecule has 0 aromatic carbocycles. The molecule has 0 amide bonds. The van der Waals surface area contributed by atoms with E-state index in [0.29, 0.717) is 25.7 Å². The molecule has 1 atom stereocenters. The molecule has 0 bridgehead atoms. The molecule has 10 heavy (non-hydrogen) atoms. The van der Waals surface area contributed by atoms with Crippen LogP contribution in [0.1, 0.15) is 19.8 Å². The van der Waals surface area contributed by atoms with Crippen LogP contribution in [-0.2, 0) is 9.53 Å². The molecule has 0 aliphatic carbocycles. The van der Waals surface area contributed by atoms with E-state index in [1.165, 1.54) is 6.92 Å². The molecule has 0 aliphatic rings. The van der Waals surface area contributed by atoms with Crippen LogP contribution in [0.15, 0.2) is 0 Å². The van der Waals surface area contributed by atoms with Crippen LogP contribution in [0.25, 0.3) is 0 Å². The molecule has 0 aromatic rings. The summed E-state index contributed by atoms with van der Waals surface area (Å²) in [6.45, 7) is 2.08. The molecular weight excluding hydrogens is 132 g/mol. The lowest BCUT2D eigenvalue weighted by Gasteiger charge is -2.13. The topological polar surface area (TPSA) is 46.5 Å². The van der Waals surface area contributed by atoms with Gasteiger partial charge in [0.1, 0.15) is 5.60 Å². The quantitative estimate of drug-likeness (QED) is 0.450. The van der Waals surface area contributed by atoms with Crippen molar-refractivity contribution in [3.8, 4) is 0 Å². The normalized spacial score (nSPS) is 16.3. The van der Waals surface area contributed by atoms with Gasteiger partial charge in [-0.1, -0.05) is 0 Å². The van der Waals surface area contributed by atoms with Crippen LogP contribution in [0.5, 0.6) is 0 Å². The van der Waals surface area contributed by atoms with Crippen LogP contribution < -0.4 is 0 Å². The number of aliphatic hydroxyl groups is 1. The first-order valence-corrected chi connectivity index (χ1v) is 3.30. The first-order valence-electron chi connectivity index (χ1n) is 3.30. The van der Waals surface area contributed by atoms with Crippen molar-refractivity contribution in [2.75, 3.05) is 13.7 Å². The molecule has 0 heterocycles. The number of hydrogen-bond acceptors (Lipinski definition) is 3. The molecular formula is C7H14O3. The smallest absolute Gasteiger partial charge is 0.151 e. The maximum absolute atomic E-state index is 10.1. The summed E-state index contributed by atoms with van der Waals surface area (Å²) in [5, 5.41) is 9.13. The van der Waals surface area contributed by atoms with Gasteiger partial charge in [-0.05, 0) is 19.8 Å². The van der Waals surface area contributed by atoms with E-state index in [-0.39, 0.29) is 0 Å². The van der Waals surface area contributed by atoms with Crippen LogP contribution in [-0.4, -0.2) is 30.7 Å². The molecule has 1 N–H and O–H groups in total. The Kier molecular flexibility index (Phi) is 4.23. The van der Waals surface area contributed by atoms with Crippen LogP contribution in [0.4, 0.5) is 0 Å². The predicted molar refractivity (Wildman–Crippen MR) is 37.8 cm³/mol. The van der Waals surface area contributed by atoms with Gasteiger partial charge >= 0.3 is 0 Å². The Bertz CT molecular complexity index is 99.0. The van der Waals surface area contributed by atoms with Crippen molar-refractivity contribution >= 4 is 6.29 Å². The highest BCUT2D eigenvalue weighted by Crippen LogP contribution is 2.07. The average molecular weight is 146 g/mol. The number of aldehydes is 1. The SMILES string of the molecule is COCCCC(C)(O)C=O. The highest BCUT2D eigenvalue weighted by molar-refractivity contribution is 5.60. The van der Waals surface area contributed by atoms with E-state index in [0.717, 1.165) is 0 Å². The second-order valence-corrected chi connectivity index (χ2v) is 2.57. The van der Waals surface area contributed by atoms with Gasteiger partial charge in [-0.15, -0.1) is 0 Å². The molecule has 0 saturated carbocycles. The van der Waals surface area contributed by atoms with Crippen molar-refractivity contribution in [3.05, 3.63) is 0 Å². The number of rotatable bonds is 5. The van der Waals surface area contributed by atoms with E-state index in [9.17, 15) is 4.79 Å². The van der Waals surface area contributed by atoms with Gasteiger partial charge in [0.25, 0.3) is 0 Å². The molecule has 60 valence electrons. The minimum Gasteiger partial charge on any atom is -0.385 e. The molecule has 0 saturated heterocycles. The maximum Gasteiger partial charge on any atom is 0.151 e. The molecule has 3 heteroatoms. The molecule has 0 aromatic heterocycles. The Morgan fingerprint density at radius 2 is 2.30 bits per heavy atom. The number of carbonyl (C=O) groups is 1. The summed E-state index contributed by atoms with van der Waals surface area (Å²) in [6, 6.07) is 0. The summed E-state index contributed by atoms with van der Waals surface area (Å²) in [5.41, 5.74) is -1.17. The number of methoxy groups -OCH3 is 1. The summed E-state index contributed by atoms with van der Waals surface area (Å²) in [5.74, 6) is 0. The Balaban J connectivity index is 3.37. The number of hydrogen-bond donors (Lipinski definition) is 1. The summed E-state index contributed by atoms with van der Waals surface area (Å²) in [7, 11) is 1.59. The lowest BCUT2D eigenvalue weighted by atomic mass is 10.0. The Hall–Kier alpha value is -0.410. The van der Waals surface area contributed by atoms with Crippen LogP contribution in [0, 0.1) is 0 Å². The van der Waals surface area contributed by atoms with E-state index >= 15 is 0 Å². The van der Waals surface area contributed by atoms with Crippen molar-refractivity contribution in [2.24, 2.45) is 0 Å². The molecule has 0 fully saturated rings. The van der Waals surface area contributed by atoms with E-state index in [1.807, 2.05) is 0 Å². The Morgan fingerprint density at radius 1 is 1.70 bits per heavy atom. The fourth-order valence-corrected chi connectivity index (χ4v) is 0.633. The highest BCUT2D eigenvalue weighted by atomic mass is 16.5. The first-order chi connectivity index (χ1) is 4.62. The van der Waals surface area contributed by atoms with Crippen LogP contribution in [0.3, 0.4) is 0 Å². The van der Waals surface area contributed by atoms with Gasteiger partial charge in [0.15, 0.2) is 6.29 Å². The van der Waals surface area contributed by atoms with Crippen molar-refractivity contribution < 1.29 is 14.6 Å². The summed E-state index contributed by atoms with van der Waals surface area (Å²) in [4.78, 5) is 10.1. The summed E-state index contributed by atoms with van der Waals surface area (Å²) >= 11 is 0. The van der Waals surface area contributed by atoms with Gasteiger partial charge in [-0.2, -0.15) is 0 Å². The van der Waals surface area contributed by atoms with Gasteiger partial charge < -0.3 is 14.6 Å². The Morgan fingerprint density at radius 3 is 2.70 bits per heavy atom. The monoisotopic (exact) mass is 146 g/mol. The summed E-state index contributed by atoms with van der Waals surface area (Å²) in [6.07, 6.45) is 1.73. The van der Waals surface area contributed by atoms with Crippen molar-refractivity contribution in [1.82, 2.24) is 0 Å². The number of ether oxygens (including phenoxy) is 1. The fraction of sp³-hybridized carbons (Fsp3) is 0.857. The lowest BCUT2D eigenvalue weighted by Crippen LogP contribution is -2.25. The van der Waals surface area contributed by atoms with Crippen molar-refractivity contribution in [1.29, 1.82) is 0 Å². The molecule has 0 radical (unpaired) electrons. The molecule has 0 rings (SSSR count). The van der Waals surface area contributed by atoms with E-state index < -0.39 is 5.60 Å². The van der Waals surface area contributed by atoms with Gasteiger partial charge in [-0.25, -0.2) is 0 Å². The minimum atomic E-state index is -1.17. The van der Waals surface area contributed by atoms with E-state index in [4.69, 9.17) is 9.84 Å². The van der Waals surface area contributed by atoms with Crippen molar-refractivity contribution in [3.63, 3.8) is 0 Å². The fourth-order valence-electron chi connectivity index (χ4n) is 0.633. The molecule has 0 aliphatic heterocycles. The molecule has 0 spiro atoms. The standard InChI is InChI=1S/C7H14O3/c1-7(9,6-8)4-3-5-10-2/h6,9H,3-5H2,1-2H3. The second kappa shape index (κ2) is 4.41. The van der Waals surface area contributed by atoms with Crippen LogP contribution in [0.2, 0.25) is 0 Å².